The molecule has 8 nitrogen and oxygen atoms in total. The number of nitrogens with zero attached hydrogens (tertiary/aromatic N) is 6. The van der Waals surface area contributed by atoms with Crippen molar-refractivity contribution in [1.82, 2.24) is 28.9 Å². The maximum atomic E-state index is 13.5. The molecule has 6 rings (SSSR count). The third kappa shape index (κ3) is 4.96. The van der Waals surface area contributed by atoms with E-state index in [-0.39, 0.29) is 30.2 Å². The Morgan fingerprint density at radius 3 is 2.40 bits per heavy atom. The molecule has 0 radical (unpaired) electrons. The summed E-state index contributed by atoms with van der Waals surface area (Å²) in [5, 5.41) is 9.29. The predicted molar refractivity (Wildman–Crippen MR) is 147 cm³/mol. The molecule has 13 heteroatoms. The number of aromatic nitrogens is 5. The van der Waals surface area contributed by atoms with Crippen LogP contribution in [0.2, 0.25) is 0 Å². The van der Waals surface area contributed by atoms with Crippen LogP contribution < -0.4 is 0 Å². The Kier molecular flexibility index (Phi) is 6.69. The van der Waals surface area contributed by atoms with Gasteiger partial charge in [-0.25, -0.2) is 17.5 Å². The van der Waals surface area contributed by atoms with Gasteiger partial charge in [0.25, 0.3) is 0 Å². The zero-order chi connectivity index (χ0) is 29.9. The Bertz CT molecular complexity index is 1880. The van der Waals surface area contributed by atoms with E-state index in [1.807, 2.05) is 19.1 Å². The van der Waals surface area contributed by atoms with Crippen LogP contribution in [0.5, 0.6) is 0 Å². The fourth-order valence-corrected chi connectivity index (χ4v) is 7.27. The second-order valence-electron chi connectivity index (χ2n) is 10.7. The van der Waals surface area contributed by atoms with Crippen LogP contribution in [-0.2, 0) is 35.1 Å². The van der Waals surface area contributed by atoms with Crippen molar-refractivity contribution >= 4 is 20.9 Å². The molecule has 4 heterocycles. The molecule has 1 fully saturated rings. The third-order valence-corrected chi connectivity index (χ3v) is 9.66. The van der Waals surface area contributed by atoms with Crippen LogP contribution >= 0.6 is 0 Å². The summed E-state index contributed by atoms with van der Waals surface area (Å²) in [4.78, 5) is 4.19. The van der Waals surface area contributed by atoms with Gasteiger partial charge in [-0.2, -0.15) is 27.7 Å². The minimum atomic E-state index is -4.52. The lowest BCUT2D eigenvalue weighted by Gasteiger charge is -2.31. The monoisotopic (exact) mass is 598 g/mol. The number of rotatable bonds is 6. The van der Waals surface area contributed by atoms with Crippen molar-refractivity contribution in [3.63, 3.8) is 0 Å². The summed E-state index contributed by atoms with van der Waals surface area (Å²) in [6, 6.07) is 12.2. The van der Waals surface area contributed by atoms with Crippen LogP contribution in [0.4, 0.5) is 17.6 Å². The first-order valence-corrected chi connectivity index (χ1v) is 14.6. The Balaban J connectivity index is 1.43. The average molecular weight is 599 g/mol. The largest absolute Gasteiger partial charge is 0.417 e. The highest BCUT2D eigenvalue weighted by Crippen LogP contribution is 2.42. The second-order valence-corrected chi connectivity index (χ2v) is 12.6. The quantitative estimate of drug-likeness (QED) is 0.251. The molecular weight excluding hydrogens is 572 g/mol. The van der Waals surface area contributed by atoms with E-state index in [9.17, 15) is 26.0 Å². The molecule has 0 saturated carbocycles. The summed E-state index contributed by atoms with van der Waals surface area (Å²) in [7, 11) is -2.24. The number of pyridine rings is 1. The van der Waals surface area contributed by atoms with Gasteiger partial charge in [0.15, 0.2) is 0 Å². The van der Waals surface area contributed by atoms with Crippen molar-refractivity contribution in [3.8, 4) is 5.69 Å². The predicted octanol–water partition coefficient (Wildman–Crippen LogP) is 5.20. The number of hydrogen-bond donors (Lipinski definition) is 0. The number of fused-ring (bicyclic) bond motifs is 1. The molecule has 42 heavy (non-hydrogen) atoms. The lowest BCUT2D eigenvalue weighted by molar-refractivity contribution is -0.137. The summed E-state index contributed by atoms with van der Waals surface area (Å²) < 4.78 is 84.8. The van der Waals surface area contributed by atoms with Gasteiger partial charge in [-0.15, -0.1) is 0 Å². The van der Waals surface area contributed by atoms with E-state index in [1.165, 1.54) is 39.6 Å². The van der Waals surface area contributed by atoms with Crippen molar-refractivity contribution in [2.45, 2.75) is 36.3 Å². The van der Waals surface area contributed by atoms with Gasteiger partial charge in [-0.3, -0.25) is 9.67 Å². The van der Waals surface area contributed by atoms with Crippen LogP contribution in [0.1, 0.15) is 28.8 Å². The number of halogens is 4. The van der Waals surface area contributed by atoms with E-state index in [0.29, 0.717) is 17.8 Å². The molecule has 0 N–H and O–H groups in total. The van der Waals surface area contributed by atoms with Crippen molar-refractivity contribution in [1.29, 1.82) is 0 Å². The van der Waals surface area contributed by atoms with Crippen LogP contribution in [0.25, 0.3) is 16.6 Å². The lowest BCUT2D eigenvalue weighted by Crippen LogP contribution is -2.36. The number of benzene rings is 2. The highest BCUT2D eigenvalue weighted by atomic mass is 32.2. The maximum Gasteiger partial charge on any atom is 0.417 e. The average Bonchev–Trinajstić information content (AvgIpc) is 3.68. The summed E-state index contributed by atoms with van der Waals surface area (Å²) in [5.41, 5.74) is 1.97. The van der Waals surface area contributed by atoms with Gasteiger partial charge in [0.1, 0.15) is 10.7 Å². The number of aryl methyl sites for hydroxylation is 2. The van der Waals surface area contributed by atoms with Crippen molar-refractivity contribution in [2.24, 2.45) is 7.05 Å². The summed E-state index contributed by atoms with van der Waals surface area (Å²) in [6.45, 7) is 2.23. The topological polar surface area (TPSA) is 85.9 Å². The number of sulfonamides is 1. The first-order valence-electron chi connectivity index (χ1n) is 13.1. The molecule has 0 aliphatic carbocycles. The zero-order valence-corrected chi connectivity index (χ0v) is 23.5. The molecule has 1 saturated heterocycles. The van der Waals surface area contributed by atoms with E-state index in [2.05, 4.69) is 15.2 Å². The smallest absolute Gasteiger partial charge is 0.274 e. The molecule has 1 aliphatic rings. The Morgan fingerprint density at radius 1 is 1.00 bits per heavy atom. The van der Waals surface area contributed by atoms with Gasteiger partial charge < -0.3 is 0 Å². The molecule has 0 bridgehead atoms. The van der Waals surface area contributed by atoms with E-state index in [0.717, 1.165) is 34.3 Å². The second kappa shape index (κ2) is 10.0. The highest BCUT2D eigenvalue weighted by Gasteiger charge is 2.46. The first-order chi connectivity index (χ1) is 19.9. The fraction of sp³-hybridized carbons (Fsp3) is 0.276. The molecule has 5 aromatic rings. The number of hydrogen-bond acceptors (Lipinski definition) is 5. The van der Waals surface area contributed by atoms with Crippen molar-refractivity contribution in [3.05, 3.63) is 102 Å². The van der Waals surface area contributed by atoms with Gasteiger partial charge in [-0.1, -0.05) is 0 Å². The van der Waals surface area contributed by atoms with Crippen molar-refractivity contribution in [2.75, 3.05) is 13.1 Å². The van der Waals surface area contributed by atoms with Gasteiger partial charge in [0.05, 0.1) is 29.2 Å². The van der Waals surface area contributed by atoms with Gasteiger partial charge in [0, 0.05) is 55.4 Å². The fourth-order valence-electron chi connectivity index (χ4n) is 5.76. The molecule has 1 atom stereocenters. The molecule has 0 amide bonds. The van der Waals surface area contributed by atoms with E-state index in [4.69, 9.17) is 0 Å². The molecule has 1 aliphatic heterocycles. The lowest BCUT2D eigenvalue weighted by atomic mass is 9.73. The summed E-state index contributed by atoms with van der Waals surface area (Å²) in [6.07, 6.45) is 1.37. The first kappa shape index (κ1) is 28.0. The van der Waals surface area contributed by atoms with Crippen molar-refractivity contribution < 1.29 is 26.0 Å². The molecule has 0 spiro atoms. The molecule has 2 aromatic carbocycles. The summed E-state index contributed by atoms with van der Waals surface area (Å²) >= 11 is 0. The zero-order valence-electron chi connectivity index (χ0n) is 22.7. The van der Waals surface area contributed by atoms with E-state index < -0.39 is 27.2 Å². The standard InChI is InChI=1S/C29H26F4N6O2S/c1-19-11-27-20(14-36-39(27)24-7-4-22(30)5-8-24)12-26(19)28(13-23-6-3-21(15-34-23)29(31,32)33)9-10-38(18-28)42(40,41)25-16-35-37(2)17-25/h3-8,11-12,14-17H,9-10,13,18H2,1-2H3. The minimum Gasteiger partial charge on any atom is -0.274 e. The van der Waals surface area contributed by atoms with E-state index in [1.54, 1.807) is 30.1 Å². The SMILES string of the molecule is Cc1cc2c(cnn2-c2ccc(F)cc2)cc1C1(Cc2ccc(C(F)(F)F)cn2)CCN(S(=O)(=O)c2cnn(C)c2)C1. The Labute approximate surface area is 239 Å². The maximum absolute atomic E-state index is 13.5. The van der Waals surface area contributed by atoms with Crippen LogP contribution in [0, 0.1) is 12.7 Å². The minimum absolute atomic E-state index is 0.0706. The highest BCUT2D eigenvalue weighted by molar-refractivity contribution is 7.89. The molecule has 218 valence electrons. The third-order valence-electron chi connectivity index (χ3n) is 7.87. The Morgan fingerprint density at radius 2 is 1.76 bits per heavy atom. The van der Waals surface area contributed by atoms with Gasteiger partial charge >= 0.3 is 6.18 Å². The van der Waals surface area contributed by atoms with Gasteiger partial charge in [0.2, 0.25) is 10.0 Å². The Hall–Kier alpha value is -4.10. The van der Waals surface area contributed by atoms with Gasteiger partial charge in [-0.05, 0) is 73.0 Å². The van der Waals surface area contributed by atoms with Crippen LogP contribution in [-0.4, -0.2) is 50.4 Å². The normalized spacial score (nSPS) is 18.2. The molecule has 1 unspecified atom stereocenters. The molecule has 3 aromatic heterocycles. The number of alkyl halides is 3. The van der Waals surface area contributed by atoms with Crippen LogP contribution in [0.3, 0.4) is 0 Å². The summed E-state index contributed by atoms with van der Waals surface area (Å²) in [5.74, 6) is -0.362. The molecular formula is C29H26F4N6O2S. The van der Waals surface area contributed by atoms with E-state index >= 15 is 0 Å². The van der Waals surface area contributed by atoms with Crippen LogP contribution in [0.15, 0.2) is 78.2 Å².